The molecule has 4 aliphatic rings. The molecule has 0 aliphatic heterocycles. The molecule has 0 heterocycles. The zero-order valence-corrected chi connectivity index (χ0v) is 13.8. The third kappa shape index (κ3) is 1.73. The van der Waals surface area contributed by atoms with Crippen molar-refractivity contribution >= 4 is 0 Å². The van der Waals surface area contributed by atoms with Crippen molar-refractivity contribution in [2.45, 2.75) is 77.2 Å². The van der Waals surface area contributed by atoms with Crippen LogP contribution >= 0.6 is 0 Å². The first-order chi connectivity index (χ1) is 10.4. The normalized spacial score (nSPS) is 57.6. The van der Waals surface area contributed by atoms with Gasteiger partial charge in [-0.3, -0.25) is 0 Å². The van der Waals surface area contributed by atoms with Gasteiger partial charge < -0.3 is 10.2 Å². The largest absolute Gasteiger partial charge is 0.392 e. The molecule has 3 heteroatoms. The van der Waals surface area contributed by atoms with Crippen molar-refractivity contribution in [2.75, 3.05) is 0 Å². The lowest BCUT2D eigenvalue weighted by Gasteiger charge is -2.58. The van der Waals surface area contributed by atoms with Crippen molar-refractivity contribution in [2.24, 2.45) is 28.6 Å². The van der Waals surface area contributed by atoms with Crippen molar-refractivity contribution in [1.82, 2.24) is 0 Å². The molecule has 2 nitrogen and oxygen atoms in total. The zero-order valence-electron chi connectivity index (χ0n) is 13.8. The molecular weight excluding hydrogens is 279 g/mol. The smallest absolute Gasteiger partial charge is 0.127 e. The summed E-state index contributed by atoms with van der Waals surface area (Å²) in [6.07, 6.45) is 6.81. The number of aliphatic hydroxyl groups excluding tert-OH is 2. The summed E-state index contributed by atoms with van der Waals surface area (Å²) >= 11 is 0. The second-order valence-corrected chi connectivity index (χ2v) is 8.78. The van der Waals surface area contributed by atoms with Gasteiger partial charge in [-0.1, -0.05) is 31.9 Å². The van der Waals surface area contributed by atoms with Gasteiger partial charge in [0.25, 0.3) is 0 Å². The topological polar surface area (TPSA) is 40.5 Å². The predicted molar refractivity (Wildman–Crippen MR) is 84.0 cm³/mol. The Bertz CT molecular complexity index is 504. The Morgan fingerprint density at radius 1 is 1.14 bits per heavy atom. The predicted octanol–water partition coefficient (Wildman–Crippen LogP) is 3.62. The molecule has 124 valence electrons. The van der Waals surface area contributed by atoms with Gasteiger partial charge in [0.15, 0.2) is 0 Å². The maximum atomic E-state index is 14.2. The minimum Gasteiger partial charge on any atom is -0.392 e. The maximum absolute atomic E-state index is 14.2. The minimum atomic E-state index is -1.17. The Labute approximate surface area is 132 Å². The maximum Gasteiger partial charge on any atom is 0.127 e. The van der Waals surface area contributed by atoms with Gasteiger partial charge in [0.1, 0.15) is 6.17 Å². The molecular formula is C19H29FO2. The van der Waals surface area contributed by atoms with Crippen LogP contribution in [-0.2, 0) is 0 Å². The van der Waals surface area contributed by atoms with Gasteiger partial charge in [-0.25, -0.2) is 4.39 Å². The van der Waals surface area contributed by atoms with Gasteiger partial charge in [0.2, 0.25) is 0 Å². The number of halogens is 1. The standard InChI is InChI=1S/C19H29FO2/c1-18-8-4-3-5-11(18)6-7-12-13(18)10-16(21)19(2)14(12)9-15(20)17(19)22/h6,12-17,21-22H,3-5,7-10H2,1-2H3/t12-,13+,14+,15-,16+,17-,18+,19-/m1/s1. The second kappa shape index (κ2) is 4.80. The molecule has 0 radical (unpaired) electrons. The zero-order chi connectivity index (χ0) is 15.7. The fourth-order valence-corrected chi connectivity index (χ4v) is 6.62. The van der Waals surface area contributed by atoms with Crippen LogP contribution in [0, 0.1) is 28.6 Å². The van der Waals surface area contributed by atoms with Crippen LogP contribution in [0.2, 0.25) is 0 Å². The number of rotatable bonds is 0. The molecule has 0 spiro atoms. The minimum absolute atomic E-state index is 0.114. The lowest BCUT2D eigenvalue weighted by Crippen LogP contribution is -2.57. The molecule has 0 bridgehead atoms. The quantitative estimate of drug-likeness (QED) is 0.671. The van der Waals surface area contributed by atoms with Crippen molar-refractivity contribution in [3.05, 3.63) is 11.6 Å². The third-order valence-corrected chi connectivity index (χ3v) is 8.07. The van der Waals surface area contributed by atoms with Gasteiger partial charge in [-0.15, -0.1) is 0 Å². The summed E-state index contributed by atoms with van der Waals surface area (Å²) in [7, 11) is 0. The average molecular weight is 308 g/mol. The molecule has 0 aromatic heterocycles. The Hall–Kier alpha value is -0.410. The van der Waals surface area contributed by atoms with E-state index in [0.717, 1.165) is 12.8 Å². The summed E-state index contributed by atoms with van der Waals surface area (Å²) in [5.41, 5.74) is 1.13. The van der Waals surface area contributed by atoms with Crippen LogP contribution in [0.25, 0.3) is 0 Å². The Morgan fingerprint density at radius 3 is 2.68 bits per heavy atom. The summed E-state index contributed by atoms with van der Waals surface area (Å²) in [6.45, 7) is 4.30. The lowest BCUT2D eigenvalue weighted by atomic mass is 9.47. The van der Waals surface area contributed by atoms with Gasteiger partial charge in [0, 0.05) is 5.41 Å². The summed E-state index contributed by atoms with van der Waals surface area (Å²) < 4.78 is 14.2. The van der Waals surface area contributed by atoms with E-state index in [1.54, 1.807) is 5.57 Å². The fourth-order valence-electron chi connectivity index (χ4n) is 6.62. The van der Waals surface area contributed by atoms with Crippen LogP contribution < -0.4 is 0 Å². The lowest BCUT2D eigenvalue weighted by molar-refractivity contribution is -0.148. The Morgan fingerprint density at radius 2 is 1.91 bits per heavy atom. The van der Waals surface area contributed by atoms with Gasteiger partial charge in [-0.2, -0.15) is 0 Å². The van der Waals surface area contributed by atoms with Crippen LogP contribution in [0.5, 0.6) is 0 Å². The van der Waals surface area contributed by atoms with Crippen LogP contribution in [0.3, 0.4) is 0 Å². The summed E-state index contributed by atoms with van der Waals surface area (Å²) in [6, 6.07) is 0. The molecule has 4 aliphatic carbocycles. The SMILES string of the molecule is C[C@@]12[C@H](O)[C@H](F)C[C@H]1[C@@H]1CC=C3CCCC[C@]3(C)[C@H]1C[C@@H]2O. The molecule has 0 aromatic carbocycles. The highest BCUT2D eigenvalue weighted by Gasteiger charge is 2.64. The highest BCUT2D eigenvalue weighted by atomic mass is 19.1. The number of hydrogen-bond acceptors (Lipinski definition) is 2. The van der Waals surface area contributed by atoms with E-state index in [1.807, 2.05) is 6.92 Å². The summed E-state index contributed by atoms with van der Waals surface area (Å²) in [5, 5.41) is 21.2. The number of allylic oxidation sites excluding steroid dienone is 2. The van der Waals surface area contributed by atoms with E-state index >= 15 is 0 Å². The first-order valence-corrected chi connectivity index (χ1v) is 9.08. The van der Waals surface area contributed by atoms with Crippen LogP contribution in [0.1, 0.15) is 58.8 Å². The fraction of sp³-hybridized carbons (Fsp3) is 0.895. The molecule has 2 N–H and O–H groups in total. The highest BCUT2D eigenvalue weighted by molar-refractivity contribution is 5.25. The molecule has 4 rings (SSSR count). The van der Waals surface area contributed by atoms with Crippen molar-refractivity contribution in [1.29, 1.82) is 0 Å². The molecule has 0 aromatic rings. The summed E-state index contributed by atoms with van der Waals surface area (Å²) in [5.74, 6) is 0.997. The van der Waals surface area contributed by atoms with Crippen molar-refractivity contribution in [3.63, 3.8) is 0 Å². The van der Waals surface area contributed by atoms with E-state index in [0.29, 0.717) is 18.3 Å². The van der Waals surface area contributed by atoms with Crippen LogP contribution in [-0.4, -0.2) is 28.6 Å². The summed E-state index contributed by atoms with van der Waals surface area (Å²) in [4.78, 5) is 0. The number of hydrogen-bond donors (Lipinski definition) is 2. The average Bonchev–Trinajstić information content (AvgIpc) is 2.73. The number of fused-ring (bicyclic) bond motifs is 5. The molecule has 0 amide bonds. The molecule has 22 heavy (non-hydrogen) atoms. The van der Waals surface area contributed by atoms with Crippen molar-refractivity contribution < 1.29 is 14.6 Å². The number of aliphatic hydroxyl groups is 2. The van der Waals surface area contributed by atoms with Gasteiger partial charge in [0.05, 0.1) is 12.2 Å². The van der Waals surface area contributed by atoms with E-state index in [4.69, 9.17) is 0 Å². The van der Waals surface area contributed by atoms with Gasteiger partial charge in [-0.05, 0) is 61.7 Å². The van der Waals surface area contributed by atoms with E-state index < -0.39 is 23.8 Å². The van der Waals surface area contributed by atoms with E-state index in [1.165, 1.54) is 25.7 Å². The Balaban J connectivity index is 1.74. The molecule has 8 atom stereocenters. The van der Waals surface area contributed by atoms with Gasteiger partial charge >= 0.3 is 0 Å². The van der Waals surface area contributed by atoms with Crippen LogP contribution in [0.15, 0.2) is 11.6 Å². The van der Waals surface area contributed by atoms with E-state index in [2.05, 4.69) is 13.0 Å². The molecule has 3 saturated carbocycles. The van der Waals surface area contributed by atoms with E-state index in [-0.39, 0.29) is 11.3 Å². The Kier molecular flexibility index (Phi) is 3.30. The number of alkyl halides is 1. The second-order valence-electron chi connectivity index (χ2n) is 8.78. The van der Waals surface area contributed by atoms with Crippen molar-refractivity contribution in [3.8, 4) is 0 Å². The van der Waals surface area contributed by atoms with E-state index in [9.17, 15) is 14.6 Å². The van der Waals surface area contributed by atoms with Crippen LogP contribution in [0.4, 0.5) is 4.39 Å². The molecule has 3 fully saturated rings. The monoisotopic (exact) mass is 308 g/mol. The molecule has 0 unspecified atom stereocenters. The first kappa shape index (κ1) is 15.1. The third-order valence-electron chi connectivity index (χ3n) is 8.07. The molecule has 0 saturated heterocycles. The highest BCUT2D eigenvalue weighted by Crippen LogP contribution is 2.65. The first-order valence-electron chi connectivity index (χ1n) is 9.08.